The minimum absolute atomic E-state index is 0.337. The molecular formula is C15H21BO3. The normalized spacial score (nSPS) is 20.4. The van der Waals surface area contributed by atoms with E-state index < -0.39 is 0 Å². The van der Waals surface area contributed by atoms with Gasteiger partial charge in [-0.05, 0) is 50.9 Å². The van der Waals surface area contributed by atoms with Crippen molar-refractivity contribution >= 4 is 18.7 Å². The lowest BCUT2D eigenvalue weighted by atomic mass is 9.76. The van der Waals surface area contributed by atoms with Crippen LogP contribution in [0.1, 0.15) is 33.3 Å². The largest absolute Gasteiger partial charge is 0.497 e. The second-order valence-electron chi connectivity index (χ2n) is 5.79. The van der Waals surface area contributed by atoms with Crippen molar-refractivity contribution in [2.45, 2.75) is 38.9 Å². The van der Waals surface area contributed by atoms with Gasteiger partial charge in [0.05, 0.1) is 18.3 Å². The first-order valence-electron chi connectivity index (χ1n) is 6.47. The molecule has 0 saturated carbocycles. The average Bonchev–Trinajstić information content (AvgIpc) is 2.57. The van der Waals surface area contributed by atoms with Crippen molar-refractivity contribution in [1.29, 1.82) is 0 Å². The molecule has 0 atom stereocenters. The number of benzene rings is 1. The van der Waals surface area contributed by atoms with Crippen LogP contribution in [0, 0.1) is 0 Å². The monoisotopic (exact) mass is 260 g/mol. The molecule has 1 aromatic rings. The third-order valence-corrected chi connectivity index (χ3v) is 4.02. The predicted octanol–water partition coefficient (Wildman–Crippen LogP) is 2.64. The summed E-state index contributed by atoms with van der Waals surface area (Å²) >= 11 is 0. The van der Waals surface area contributed by atoms with Crippen LogP contribution < -0.4 is 10.2 Å². The van der Waals surface area contributed by atoms with Crippen molar-refractivity contribution in [2.75, 3.05) is 7.11 Å². The van der Waals surface area contributed by atoms with E-state index >= 15 is 0 Å². The fourth-order valence-electron chi connectivity index (χ4n) is 2.04. The third-order valence-electron chi connectivity index (χ3n) is 4.02. The van der Waals surface area contributed by atoms with E-state index in [1.165, 1.54) is 0 Å². The summed E-state index contributed by atoms with van der Waals surface area (Å²) in [5.74, 6) is 0.801. The van der Waals surface area contributed by atoms with Crippen molar-refractivity contribution < 1.29 is 14.0 Å². The van der Waals surface area contributed by atoms with Crippen LogP contribution in [0.3, 0.4) is 0 Å². The van der Waals surface area contributed by atoms with E-state index in [0.717, 1.165) is 16.8 Å². The zero-order valence-electron chi connectivity index (χ0n) is 12.3. The summed E-state index contributed by atoms with van der Waals surface area (Å²) in [4.78, 5) is 0. The fraction of sp³-hybridized carbons (Fsp3) is 0.467. The quantitative estimate of drug-likeness (QED) is 0.782. The summed E-state index contributed by atoms with van der Waals surface area (Å²) in [6, 6.07) is 5.82. The Labute approximate surface area is 115 Å². The van der Waals surface area contributed by atoms with Crippen molar-refractivity contribution in [3.8, 4) is 5.75 Å². The standard InChI is InChI=1S/C15H21BO3/c1-7-11-10-12(17-6)8-9-13(11)16-18-14(2,3)15(4,5)19-16/h7-10H,1H2,2-6H3. The Bertz CT molecular complexity index is 478. The SMILES string of the molecule is C=Cc1cc(OC)ccc1B1OC(C)(C)C(C)(C)O1. The van der Waals surface area contributed by atoms with Crippen LogP contribution in [-0.2, 0) is 9.31 Å². The first kappa shape index (κ1) is 14.2. The minimum atomic E-state index is -0.371. The summed E-state index contributed by atoms with van der Waals surface area (Å²) in [6.07, 6.45) is 1.79. The van der Waals surface area contributed by atoms with Gasteiger partial charge in [-0.2, -0.15) is 0 Å². The summed E-state index contributed by atoms with van der Waals surface area (Å²) in [6.45, 7) is 12.0. The van der Waals surface area contributed by atoms with Crippen LogP contribution in [0.4, 0.5) is 0 Å². The van der Waals surface area contributed by atoms with Gasteiger partial charge >= 0.3 is 7.12 Å². The Morgan fingerprint density at radius 3 is 2.21 bits per heavy atom. The Morgan fingerprint density at radius 1 is 1.16 bits per heavy atom. The first-order valence-corrected chi connectivity index (χ1v) is 6.47. The van der Waals surface area contributed by atoms with Crippen molar-refractivity contribution in [2.24, 2.45) is 0 Å². The van der Waals surface area contributed by atoms with Gasteiger partial charge in [-0.25, -0.2) is 0 Å². The topological polar surface area (TPSA) is 27.7 Å². The second kappa shape index (κ2) is 4.69. The van der Waals surface area contributed by atoms with Crippen molar-refractivity contribution in [1.82, 2.24) is 0 Å². The lowest BCUT2D eigenvalue weighted by Crippen LogP contribution is -2.41. The summed E-state index contributed by atoms with van der Waals surface area (Å²) in [5.41, 5.74) is 1.28. The molecule has 0 radical (unpaired) electrons. The number of ether oxygens (including phenoxy) is 1. The molecule has 4 heteroatoms. The minimum Gasteiger partial charge on any atom is -0.497 e. The molecule has 0 N–H and O–H groups in total. The predicted molar refractivity (Wildman–Crippen MR) is 78.8 cm³/mol. The molecule has 0 unspecified atom stereocenters. The van der Waals surface area contributed by atoms with Crippen molar-refractivity contribution in [3.05, 3.63) is 30.3 Å². The van der Waals surface area contributed by atoms with Crippen LogP contribution >= 0.6 is 0 Å². The zero-order valence-corrected chi connectivity index (χ0v) is 12.3. The van der Waals surface area contributed by atoms with Crippen LogP contribution in [-0.4, -0.2) is 25.4 Å². The van der Waals surface area contributed by atoms with E-state index in [0.29, 0.717) is 0 Å². The highest BCUT2D eigenvalue weighted by molar-refractivity contribution is 6.63. The molecule has 1 aliphatic rings. The van der Waals surface area contributed by atoms with E-state index in [4.69, 9.17) is 14.0 Å². The third kappa shape index (κ3) is 2.43. The Hall–Kier alpha value is -1.26. The molecule has 1 saturated heterocycles. The summed E-state index contributed by atoms with van der Waals surface area (Å²) in [7, 11) is 1.28. The Morgan fingerprint density at radius 2 is 1.74 bits per heavy atom. The maximum atomic E-state index is 6.06. The smallest absolute Gasteiger partial charge is 0.495 e. The lowest BCUT2D eigenvalue weighted by Gasteiger charge is -2.32. The fourth-order valence-corrected chi connectivity index (χ4v) is 2.04. The molecule has 0 aliphatic carbocycles. The molecule has 1 aromatic carbocycles. The maximum Gasteiger partial charge on any atom is 0.495 e. The second-order valence-corrected chi connectivity index (χ2v) is 5.79. The molecule has 0 spiro atoms. The van der Waals surface area contributed by atoms with E-state index in [1.54, 1.807) is 13.2 Å². The maximum absolute atomic E-state index is 6.06. The molecule has 0 amide bonds. The Kier molecular flexibility index (Phi) is 3.50. The lowest BCUT2D eigenvalue weighted by molar-refractivity contribution is 0.00578. The van der Waals surface area contributed by atoms with Gasteiger partial charge in [0.2, 0.25) is 0 Å². The average molecular weight is 260 g/mol. The first-order chi connectivity index (χ1) is 8.80. The molecule has 2 rings (SSSR count). The highest BCUT2D eigenvalue weighted by Crippen LogP contribution is 2.36. The zero-order chi connectivity index (χ0) is 14.3. The highest BCUT2D eigenvalue weighted by Gasteiger charge is 2.52. The number of rotatable bonds is 3. The van der Waals surface area contributed by atoms with Crippen LogP contribution in [0.5, 0.6) is 5.75 Å². The number of hydrogen-bond donors (Lipinski definition) is 0. The summed E-state index contributed by atoms with van der Waals surface area (Å²) < 4.78 is 17.3. The number of methoxy groups -OCH3 is 1. The van der Waals surface area contributed by atoms with Crippen molar-refractivity contribution in [3.63, 3.8) is 0 Å². The number of hydrogen-bond acceptors (Lipinski definition) is 3. The van der Waals surface area contributed by atoms with Crippen LogP contribution in [0.15, 0.2) is 24.8 Å². The van der Waals surface area contributed by atoms with Gasteiger partial charge in [0.15, 0.2) is 0 Å². The van der Waals surface area contributed by atoms with Gasteiger partial charge in [-0.3, -0.25) is 0 Å². The van der Waals surface area contributed by atoms with Crippen LogP contribution in [0.2, 0.25) is 0 Å². The molecule has 0 bridgehead atoms. The van der Waals surface area contributed by atoms with E-state index in [9.17, 15) is 0 Å². The molecule has 1 aliphatic heterocycles. The van der Waals surface area contributed by atoms with Gasteiger partial charge in [-0.1, -0.05) is 18.7 Å². The molecule has 1 fully saturated rings. The van der Waals surface area contributed by atoms with Gasteiger partial charge in [0.25, 0.3) is 0 Å². The van der Waals surface area contributed by atoms with Gasteiger partial charge in [0.1, 0.15) is 5.75 Å². The highest BCUT2D eigenvalue weighted by atomic mass is 16.7. The molecule has 19 heavy (non-hydrogen) atoms. The van der Waals surface area contributed by atoms with E-state index in [-0.39, 0.29) is 18.3 Å². The summed E-state index contributed by atoms with van der Waals surface area (Å²) in [5, 5.41) is 0. The van der Waals surface area contributed by atoms with E-state index in [2.05, 4.69) is 6.58 Å². The molecule has 0 aromatic heterocycles. The van der Waals surface area contributed by atoms with Gasteiger partial charge in [0, 0.05) is 0 Å². The van der Waals surface area contributed by atoms with Gasteiger partial charge in [-0.15, -0.1) is 0 Å². The molecular weight excluding hydrogens is 239 g/mol. The molecule has 1 heterocycles. The van der Waals surface area contributed by atoms with Gasteiger partial charge < -0.3 is 14.0 Å². The Balaban J connectivity index is 2.37. The van der Waals surface area contributed by atoms with E-state index in [1.807, 2.05) is 45.9 Å². The molecule has 3 nitrogen and oxygen atoms in total. The molecule has 102 valence electrons. The van der Waals surface area contributed by atoms with Crippen LogP contribution in [0.25, 0.3) is 6.08 Å².